The van der Waals surface area contributed by atoms with Gasteiger partial charge in [0.05, 0.1) is 10.0 Å². The minimum absolute atomic E-state index is 0.366. The average molecular weight is 419 g/mol. The number of pyridine rings is 1. The highest BCUT2D eigenvalue weighted by Crippen LogP contribution is 2.39. The molecule has 0 fully saturated rings. The summed E-state index contributed by atoms with van der Waals surface area (Å²) < 4.78 is 0.953. The summed E-state index contributed by atoms with van der Waals surface area (Å²) >= 11 is 26.3. The number of hydrogen-bond acceptors (Lipinski definition) is 1. The van der Waals surface area contributed by atoms with E-state index in [1.54, 1.807) is 18.3 Å². The molecule has 1 aromatic heterocycles. The molecule has 0 unspecified atom stereocenters. The number of benzene rings is 1. The summed E-state index contributed by atoms with van der Waals surface area (Å²) in [5, 5.41) is 1.68. The summed E-state index contributed by atoms with van der Waals surface area (Å²) in [4.78, 5) is 4.07. The predicted octanol–water partition coefficient (Wildman–Crippen LogP) is 5.97. The average Bonchev–Trinajstić information content (AvgIpc) is 2.27. The summed E-state index contributed by atoms with van der Waals surface area (Å²) in [5.74, 6) is 0. The van der Waals surface area contributed by atoms with E-state index >= 15 is 0 Å². The third-order valence-electron chi connectivity index (χ3n) is 2.09. The van der Waals surface area contributed by atoms with Crippen molar-refractivity contribution in [2.45, 2.75) is 0 Å². The van der Waals surface area contributed by atoms with E-state index in [1.165, 1.54) is 0 Å². The highest BCUT2D eigenvalue weighted by atomic mass is 127. The molecule has 0 atom stereocenters. The zero-order chi connectivity index (χ0) is 12.6. The number of rotatable bonds is 1. The van der Waals surface area contributed by atoms with Gasteiger partial charge in [-0.3, -0.25) is 0 Å². The molecular formula is C11H4Cl4IN. The van der Waals surface area contributed by atoms with Gasteiger partial charge < -0.3 is 0 Å². The topological polar surface area (TPSA) is 12.9 Å². The Hall–Kier alpha value is 0.260. The first-order valence-corrected chi connectivity index (χ1v) is 7.04. The minimum Gasteiger partial charge on any atom is -0.243 e. The largest absolute Gasteiger partial charge is 0.243 e. The van der Waals surface area contributed by atoms with E-state index in [0.717, 1.165) is 3.57 Å². The van der Waals surface area contributed by atoms with E-state index in [2.05, 4.69) is 27.6 Å². The highest BCUT2D eigenvalue weighted by molar-refractivity contribution is 14.1. The van der Waals surface area contributed by atoms with Gasteiger partial charge >= 0.3 is 0 Å². The lowest BCUT2D eigenvalue weighted by atomic mass is 10.1. The van der Waals surface area contributed by atoms with Crippen LogP contribution in [-0.4, -0.2) is 4.98 Å². The second-order valence-corrected chi connectivity index (χ2v) is 6.07. The molecule has 0 spiro atoms. The van der Waals surface area contributed by atoms with Crippen molar-refractivity contribution in [1.29, 1.82) is 0 Å². The van der Waals surface area contributed by atoms with Crippen molar-refractivity contribution in [3.8, 4) is 11.1 Å². The third kappa shape index (κ3) is 2.99. The molecule has 6 heteroatoms. The Balaban J connectivity index is 2.72. The maximum Gasteiger partial charge on any atom is 0.136 e. The molecule has 0 bridgehead atoms. The van der Waals surface area contributed by atoms with Crippen LogP contribution in [0.3, 0.4) is 0 Å². The van der Waals surface area contributed by atoms with Crippen molar-refractivity contribution < 1.29 is 0 Å². The zero-order valence-electron chi connectivity index (χ0n) is 8.15. The number of halogens is 5. The quantitative estimate of drug-likeness (QED) is 0.316. The lowest BCUT2D eigenvalue weighted by Crippen LogP contribution is -1.87. The molecule has 0 aliphatic heterocycles. The Morgan fingerprint density at radius 2 is 1.65 bits per heavy atom. The molecule has 17 heavy (non-hydrogen) atoms. The SMILES string of the molecule is Clc1cc(Cl)c(Cl)c(-c2cc(I)cnc2Cl)c1. The summed E-state index contributed by atoms with van der Waals surface area (Å²) in [6.45, 7) is 0. The van der Waals surface area contributed by atoms with Crippen molar-refractivity contribution in [3.05, 3.63) is 48.2 Å². The number of nitrogens with zero attached hydrogens (tertiary/aromatic N) is 1. The molecule has 0 radical (unpaired) electrons. The maximum atomic E-state index is 6.14. The molecule has 0 saturated carbocycles. The Labute approximate surface area is 132 Å². The van der Waals surface area contributed by atoms with Gasteiger partial charge in [-0.2, -0.15) is 0 Å². The van der Waals surface area contributed by atoms with Crippen LogP contribution in [0.15, 0.2) is 24.4 Å². The molecule has 1 aromatic carbocycles. The van der Waals surface area contributed by atoms with E-state index in [0.29, 0.717) is 31.3 Å². The molecular weight excluding hydrogens is 415 g/mol. The van der Waals surface area contributed by atoms with Gasteiger partial charge in [0.2, 0.25) is 0 Å². The lowest BCUT2D eigenvalue weighted by Gasteiger charge is -2.09. The second kappa shape index (κ2) is 5.49. The first-order valence-electron chi connectivity index (χ1n) is 4.45. The van der Waals surface area contributed by atoms with Gasteiger partial charge in [-0.05, 0) is 40.8 Å². The molecule has 0 aliphatic carbocycles. The molecule has 1 heterocycles. The Morgan fingerprint density at radius 3 is 2.35 bits per heavy atom. The van der Waals surface area contributed by atoms with Crippen LogP contribution in [0.4, 0.5) is 0 Å². The first-order chi connectivity index (χ1) is 7.99. The smallest absolute Gasteiger partial charge is 0.136 e. The molecule has 0 amide bonds. The number of aromatic nitrogens is 1. The molecule has 0 N–H and O–H groups in total. The molecule has 88 valence electrons. The van der Waals surface area contributed by atoms with E-state index in [4.69, 9.17) is 46.4 Å². The normalized spacial score (nSPS) is 10.6. The summed E-state index contributed by atoms with van der Waals surface area (Å²) in [7, 11) is 0. The van der Waals surface area contributed by atoms with Crippen LogP contribution in [-0.2, 0) is 0 Å². The monoisotopic (exact) mass is 417 g/mol. The van der Waals surface area contributed by atoms with Crippen LogP contribution < -0.4 is 0 Å². The van der Waals surface area contributed by atoms with Gasteiger partial charge in [0.1, 0.15) is 5.15 Å². The van der Waals surface area contributed by atoms with Crippen molar-refractivity contribution in [2.75, 3.05) is 0 Å². The van der Waals surface area contributed by atoms with Gasteiger partial charge in [-0.1, -0.05) is 46.4 Å². The standard InChI is InChI=1S/C11H4Cl4IN/c12-5-1-7(10(14)9(13)2-5)8-3-6(16)4-17-11(8)15/h1-4H. The summed E-state index contributed by atoms with van der Waals surface area (Å²) in [5.41, 5.74) is 1.40. The molecule has 0 saturated heterocycles. The van der Waals surface area contributed by atoms with E-state index in [-0.39, 0.29) is 0 Å². The fraction of sp³-hybridized carbons (Fsp3) is 0. The van der Waals surface area contributed by atoms with Gasteiger partial charge in [0.15, 0.2) is 0 Å². The molecule has 2 aromatic rings. The minimum atomic E-state index is 0.366. The van der Waals surface area contributed by atoms with Crippen molar-refractivity contribution >= 4 is 69.0 Å². The zero-order valence-corrected chi connectivity index (χ0v) is 13.3. The lowest BCUT2D eigenvalue weighted by molar-refractivity contribution is 1.31. The first kappa shape index (κ1) is 13.7. The molecule has 0 aliphatic rings. The fourth-order valence-electron chi connectivity index (χ4n) is 1.36. The van der Waals surface area contributed by atoms with E-state index in [9.17, 15) is 0 Å². The van der Waals surface area contributed by atoms with Crippen molar-refractivity contribution in [1.82, 2.24) is 4.98 Å². The van der Waals surface area contributed by atoms with Crippen LogP contribution in [0, 0.1) is 3.57 Å². The summed E-state index contributed by atoms with van der Waals surface area (Å²) in [6, 6.07) is 5.18. The van der Waals surface area contributed by atoms with E-state index in [1.807, 2.05) is 6.07 Å². The highest BCUT2D eigenvalue weighted by Gasteiger charge is 2.13. The second-order valence-electron chi connectivity index (χ2n) is 3.24. The van der Waals surface area contributed by atoms with Crippen LogP contribution >= 0.6 is 69.0 Å². The third-order valence-corrected chi connectivity index (χ3v) is 4.00. The Bertz CT molecular complexity index is 586. The fourth-order valence-corrected chi connectivity index (χ4v) is 2.72. The predicted molar refractivity (Wildman–Crippen MR) is 82.4 cm³/mol. The number of hydrogen-bond donors (Lipinski definition) is 0. The maximum absolute atomic E-state index is 6.14. The summed E-state index contributed by atoms with van der Waals surface area (Å²) in [6.07, 6.45) is 1.67. The molecule has 1 nitrogen and oxygen atoms in total. The van der Waals surface area contributed by atoms with Crippen LogP contribution in [0.25, 0.3) is 11.1 Å². The van der Waals surface area contributed by atoms with Crippen molar-refractivity contribution in [3.63, 3.8) is 0 Å². The van der Waals surface area contributed by atoms with Crippen LogP contribution in [0.5, 0.6) is 0 Å². The van der Waals surface area contributed by atoms with Gasteiger partial charge in [-0.25, -0.2) is 4.98 Å². The van der Waals surface area contributed by atoms with E-state index < -0.39 is 0 Å². The van der Waals surface area contributed by atoms with Crippen LogP contribution in [0.1, 0.15) is 0 Å². The van der Waals surface area contributed by atoms with Gasteiger partial charge in [-0.15, -0.1) is 0 Å². The van der Waals surface area contributed by atoms with Crippen LogP contribution in [0.2, 0.25) is 20.2 Å². The Kier molecular flexibility index (Phi) is 4.42. The van der Waals surface area contributed by atoms with Gasteiger partial charge in [0.25, 0.3) is 0 Å². The molecule has 2 rings (SSSR count). The Morgan fingerprint density at radius 1 is 0.941 bits per heavy atom. The van der Waals surface area contributed by atoms with Crippen molar-refractivity contribution in [2.24, 2.45) is 0 Å². The van der Waals surface area contributed by atoms with Gasteiger partial charge in [0, 0.05) is 25.9 Å².